The molecule has 4 nitrogen and oxygen atoms in total. The molecule has 23 heavy (non-hydrogen) atoms. The van der Waals surface area contributed by atoms with E-state index < -0.39 is 0 Å². The molecule has 0 bridgehead atoms. The predicted octanol–water partition coefficient (Wildman–Crippen LogP) is 4.37. The van der Waals surface area contributed by atoms with Crippen molar-refractivity contribution in [3.63, 3.8) is 0 Å². The summed E-state index contributed by atoms with van der Waals surface area (Å²) in [5.74, 6) is 1.84. The Morgan fingerprint density at radius 1 is 1.00 bits per heavy atom. The number of para-hydroxylation sites is 1. The van der Waals surface area contributed by atoms with Gasteiger partial charge in [0.1, 0.15) is 17.2 Å². The summed E-state index contributed by atoms with van der Waals surface area (Å²) in [6.07, 6.45) is 1.07. The molecule has 0 saturated carbocycles. The van der Waals surface area contributed by atoms with Gasteiger partial charge in [0.05, 0.1) is 19.6 Å². The predicted molar refractivity (Wildman–Crippen MR) is 89.1 cm³/mol. The van der Waals surface area contributed by atoms with Gasteiger partial charge in [-0.25, -0.2) is 0 Å². The molecule has 0 saturated heterocycles. The van der Waals surface area contributed by atoms with E-state index in [2.05, 4.69) is 0 Å². The van der Waals surface area contributed by atoms with Crippen molar-refractivity contribution in [2.45, 2.75) is 26.7 Å². The lowest BCUT2D eigenvalue weighted by molar-refractivity contribution is -0.142. The molecule has 0 aliphatic heterocycles. The number of ether oxygens (including phenoxy) is 3. The molecule has 0 aliphatic carbocycles. The number of hydrogen-bond donors (Lipinski definition) is 0. The third-order valence-electron chi connectivity index (χ3n) is 3.11. The van der Waals surface area contributed by atoms with E-state index in [1.54, 1.807) is 6.92 Å². The highest BCUT2D eigenvalue weighted by Gasteiger charge is 2.12. The number of hydrogen-bond acceptors (Lipinski definition) is 4. The van der Waals surface area contributed by atoms with Crippen LogP contribution in [0.1, 0.15) is 25.8 Å². The van der Waals surface area contributed by atoms with E-state index in [1.807, 2.05) is 55.5 Å². The van der Waals surface area contributed by atoms with Crippen molar-refractivity contribution in [3.8, 4) is 17.2 Å². The molecule has 2 rings (SSSR count). The standard InChI is InChI=1S/C19H22O4/c1-3-12-22-18-11-10-17(23-16-8-6-5-7-9-16)13-15(18)14-19(20)21-4-2/h5-11,13H,3-4,12,14H2,1-2H3. The van der Waals surface area contributed by atoms with E-state index in [4.69, 9.17) is 14.2 Å². The van der Waals surface area contributed by atoms with Gasteiger partial charge in [-0.15, -0.1) is 0 Å². The number of carbonyl (C=O) groups is 1. The number of rotatable bonds is 8. The average molecular weight is 314 g/mol. The van der Waals surface area contributed by atoms with Gasteiger partial charge >= 0.3 is 5.97 Å². The van der Waals surface area contributed by atoms with Gasteiger partial charge in [0.25, 0.3) is 0 Å². The minimum Gasteiger partial charge on any atom is -0.493 e. The van der Waals surface area contributed by atoms with Gasteiger partial charge in [-0.1, -0.05) is 25.1 Å². The van der Waals surface area contributed by atoms with Crippen molar-refractivity contribution in [1.82, 2.24) is 0 Å². The molecule has 0 atom stereocenters. The summed E-state index contributed by atoms with van der Waals surface area (Å²) in [6.45, 7) is 4.80. The Kier molecular flexibility index (Phi) is 6.48. The second-order valence-corrected chi connectivity index (χ2v) is 5.01. The molecule has 0 fully saturated rings. The first kappa shape index (κ1) is 16.9. The molecular weight excluding hydrogens is 292 g/mol. The highest BCUT2D eigenvalue weighted by molar-refractivity contribution is 5.73. The molecular formula is C19H22O4. The fraction of sp³-hybridized carbons (Fsp3) is 0.316. The Bertz CT molecular complexity index is 623. The van der Waals surface area contributed by atoms with Crippen molar-refractivity contribution in [2.24, 2.45) is 0 Å². The molecule has 0 unspecified atom stereocenters. The normalized spacial score (nSPS) is 10.2. The van der Waals surface area contributed by atoms with E-state index in [0.29, 0.717) is 24.7 Å². The molecule has 0 amide bonds. The monoisotopic (exact) mass is 314 g/mol. The molecule has 122 valence electrons. The van der Waals surface area contributed by atoms with Gasteiger partial charge in [0.2, 0.25) is 0 Å². The molecule has 0 aliphatic rings. The van der Waals surface area contributed by atoms with Gasteiger partial charge < -0.3 is 14.2 Å². The maximum absolute atomic E-state index is 11.8. The van der Waals surface area contributed by atoms with Crippen LogP contribution >= 0.6 is 0 Å². The van der Waals surface area contributed by atoms with E-state index in [9.17, 15) is 4.79 Å². The summed E-state index contributed by atoms with van der Waals surface area (Å²) in [7, 11) is 0. The van der Waals surface area contributed by atoms with Crippen LogP contribution in [-0.2, 0) is 16.0 Å². The van der Waals surface area contributed by atoms with Crippen molar-refractivity contribution < 1.29 is 19.0 Å². The van der Waals surface area contributed by atoms with Crippen molar-refractivity contribution >= 4 is 5.97 Å². The summed E-state index contributed by atoms with van der Waals surface area (Å²) in [6, 6.07) is 15.0. The molecule has 0 aromatic heterocycles. The molecule has 2 aromatic rings. The summed E-state index contributed by atoms with van der Waals surface area (Å²) in [5, 5.41) is 0. The van der Waals surface area contributed by atoms with Crippen LogP contribution in [0.3, 0.4) is 0 Å². The Balaban J connectivity index is 2.19. The summed E-state index contributed by atoms with van der Waals surface area (Å²) in [5.41, 5.74) is 0.769. The Labute approximate surface area is 137 Å². The van der Waals surface area contributed by atoms with Gasteiger partial charge in [-0.05, 0) is 43.7 Å². The fourth-order valence-electron chi connectivity index (χ4n) is 2.10. The third kappa shape index (κ3) is 5.33. The topological polar surface area (TPSA) is 44.8 Å². The fourth-order valence-corrected chi connectivity index (χ4v) is 2.10. The average Bonchev–Trinajstić information content (AvgIpc) is 2.55. The minimum absolute atomic E-state index is 0.166. The summed E-state index contributed by atoms with van der Waals surface area (Å²) in [4.78, 5) is 11.8. The Morgan fingerprint density at radius 2 is 1.78 bits per heavy atom. The van der Waals surface area contributed by atoms with Crippen LogP contribution in [-0.4, -0.2) is 19.2 Å². The van der Waals surface area contributed by atoms with E-state index in [1.165, 1.54) is 0 Å². The molecule has 2 aromatic carbocycles. The quantitative estimate of drug-likeness (QED) is 0.679. The number of carbonyl (C=O) groups excluding carboxylic acids is 1. The summed E-state index contributed by atoms with van der Waals surface area (Å²) < 4.78 is 16.5. The van der Waals surface area contributed by atoms with Gasteiger partial charge in [-0.2, -0.15) is 0 Å². The smallest absolute Gasteiger partial charge is 0.310 e. The van der Waals surface area contributed by atoms with Gasteiger partial charge in [0, 0.05) is 5.56 Å². The third-order valence-corrected chi connectivity index (χ3v) is 3.11. The first-order chi connectivity index (χ1) is 11.2. The minimum atomic E-state index is -0.272. The maximum Gasteiger partial charge on any atom is 0.310 e. The van der Waals surface area contributed by atoms with Crippen LogP contribution in [0.25, 0.3) is 0 Å². The highest BCUT2D eigenvalue weighted by atomic mass is 16.5. The first-order valence-electron chi connectivity index (χ1n) is 7.87. The van der Waals surface area contributed by atoms with E-state index in [0.717, 1.165) is 17.7 Å². The molecule has 0 spiro atoms. The van der Waals surface area contributed by atoms with Gasteiger partial charge in [0.15, 0.2) is 0 Å². The highest BCUT2D eigenvalue weighted by Crippen LogP contribution is 2.28. The van der Waals surface area contributed by atoms with E-state index in [-0.39, 0.29) is 12.4 Å². The zero-order valence-corrected chi connectivity index (χ0v) is 13.6. The Hall–Kier alpha value is -2.49. The number of esters is 1. The second kappa shape index (κ2) is 8.83. The largest absolute Gasteiger partial charge is 0.493 e. The van der Waals surface area contributed by atoms with Crippen LogP contribution < -0.4 is 9.47 Å². The van der Waals surface area contributed by atoms with Crippen LogP contribution in [0.5, 0.6) is 17.2 Å². The summed E-state index contributed by atoms with van der Waals surface area (Å²) >= 11 is 0. The lowest BCUT2D eigenvalue weighted by Crippen LogP contribution is -2.09. The van der Waals surface area contributed by atoms with Crippen LogP contribution in [0.15, 0.2) is 48.5 Å². The second-order valence-electron chi connectivity index (χ2n) is 5.01. The number of benzene rings is 2. The molecule has 0 radical (unpaired) electrons. The van der Waals surface area contributed by atoms with Crippen LogP contribution in [0.2, 0.25) is 0 Å². The zero-order valence-electron chi connectivity index (χ0n) is 13.6. The van der Waals surface area contributed by atoms with Crippen LogP contribution in [0, 0.1) is 0 Å². The van der Waals surface area contributed by atoms with Gasteiger partial charge in [-0.3, -0.25) is 4.79 Å². The van der Waals surface area contributed by atoms with Crippen molar-refractivity contribution in [3.05, 3.63) is 54.1 Å². The Morgan fingerprint density at radius 3 is 2.48 bits per heavy atom. The molecule has 0 N–H and O–H groups in total. The molecule has 0 heterocycles. The lowest BCUT2D eigenvalue weighted by Gasteiger charge is -2.13. The van der Waals surface area contributed by atoms with Crippen molar-refractivity contribution in [2.75, 3.05) is 13.2 Å². The van der Waals surface area contributed by atoms with E-state index >= 15 is 0 Å². The van der Waals surface area contributed by atoms with Crippen LogP contribution in [0.4, 0.5) is 0 Å². The van der Waals surface area contributed by atoms with Crippen molar-refractivity contribution in [1.29, 1.82) is 0 Å². The lowest BCUT2D eigenvalue weighted by atomic mass is 10.1. The molecule has 4 heteroatoms. The zero-order chi connectivity index (χ0) is 16.5. The first-order valence-corrected chi connectivity index (χ1v) is 7.87. The SMILES string of the molecule is CCCOc1ccc(Oc2ccccc2)cc1CC(=O)OCC. The maximum atomic E-state index is 11.8.